The van der Waals surface area contributed by atoms with E-state index in [4.69, 9.17) is 9.47 Å². The quantitative estimate of drug-likeness (QED) is 0.498. The molecule has 0 bridgehead atoms. The molecule has 0 radical (unpaired) electrons. The summed E-state index contributed by atoms with van der Waals surface area (Å²) in [5.74, 6) is 0.167. The van der Waals surface area contributed by atoms with Crippen molar-refractivity contribution in [1.29, 1.82) is 0 Å². The number of carbonyl (C=O) groups excluding carboxylic acids is 1. The molecule has 10 heteroatoms. The van der Waals surface area contributed by atoms with E-state index in [1.807, 2.05) is 0 Å². The highest BCUT2D eigenvalue weighted by molar-refractivity contribution is 5.67. The molecule has 24 heavy (non-hydrogen) atoms. The lowest BCUT2D eigenvalue weighted by Gasteiger charge is -2.20. The van der Waals surface area contributed by atoms with Gasteiger partial charge in [-0.2, -0.15) is 4.98 Å². The van der Waals surface area contributed by atoms with E-state index in [1.54, 1.807) is 20.8 Å². The van der Waals surface area contributed by atoms with Crippen molar-refractivity contribution in [3.05, 3.63) is 22.2 Å². The van der Waals surface area contributed by atoms with E-state index in [2.05, 4.69) is 15.6 Å². The summed E-state index contributed by atoms with van der Waals surface area (Å²) in [6, 6.07) is 2.61. The Morgan fingerprint density at radius 1 is 1.42 bits per heavy atom. The maximum atomic E-state index is 11.5. The number of aliphatic hydroxyl groups excluding tert-OH is 1. The number of hydrogen-bond acceptors (Lipinski definition) is 8. The molecule has 0 saturated heterocycles. The fraction of sp³-hybridized carbons (Fsp3) is 0.571. The molecule has 1 rings (SSSR count). The number of rotatable bonds is 7. The third-order valence-corrected chi connectivity index (χ3v) is 2.64. The first-order valence-corrected chi connectivity index (χ1v) is 7.20. The Bertz CT molecular complexity index is 587. The van der Waals surface area contributed by atoms with Crippen LogP contribution < -0.4 is 15.4 Å². The van der Waals surface area contributed by atoms with Crippen LogP contribution in [0.4, 0.5) is 16.3 Å². The Morgan fingerprint density at radius 2 is 2.08 bits per heavy atom. The zero-order valence-corrected chi connectivity index (χ0v) is 14.0. The number of nitro groups is 1. The predicted molar refractivity (Wildman–Crippen MR) is 86.2 cm³/mol. The van der Waals surface area contributed by atoms with Gasteiger partial charge in [0.05, 0.1) is 18.1 Å². The van der Waals surface area contributed by atoms with E-state index in [0.29, 0.717) is 0 Å². The molecule has 10 nitrogen and oxygen atoms in total. The number of carbonyl (C=O) groups is 1. The Kier molecular flexibility index (Phi) is 6.71. The van der Waals surface area contributed by atoms with Gasteiger partial charge in [0.1, 0.15) is 5.60 Å². The molecule has 0 unspecified atom stereocenters. The monoisotopic (exact) mass is 342 g/mol. The third-order valence-electron chi connectivity index (χ3n) is 2.64. The summed E-state index contributed by atoms with van der Waals surface area (Å²) in [4.78, 5) is 25.8. The number of nitrogens with one attached hydrogen (secondary N) is 2. The molecule has 1 aromatic rings. The molecule has 0 spiro atoms. The fourth-order valence-corrected chi connectivity index (χ4v) is 1.63. The van der Waals surface area contributed by atoms with Crippen LogP contribution in [0.1, 0.15) is 20.8 Å². The Labute approximate surface area is 139 Å². The van der Waals surface area contributed by atoms with Crippen LogP contribution in [0.5, 0.6) is 5.88 Å². The molecule has 0 aliphatic heterocycles. The number of amides is 1. The Hall–Kier alpha value is -2.62. The first kappa shape index (κ1) is 19.4. The molecule has 0 saturated carbocycles. The molecule has 0 aromatic carbocycles. The van der Waals surface area contributed by atoms with Gasteiger partial charge in [-0.3, -0.25) is 10.1 Å². The number of aromatic nitrogens is 1. The lowest BCUT2D eigenvalue weighted by atomic mass is 10.2. The SMILES string of the molecule is COc1ccc([N+](=O)[O-])c(NC[C@H](O)CNC(=O)OC(C)(C)C)n1. The standard InChI is InChI=1S/C14H22N4O6/c1-14(2,3)24-13(20)16-8-9(19)7-15-12-10(18(21)22)5-6-11(17-12)23-4/h5-6,9,19H,7-8H2,1-4H3,(H,15,17)(H,16,20)/t9-/m0/s1. The number of pyridine rings is 1. The van der Waals surface area contributed by atoms with Crippen LogP contribution in [0.3, 0.4) is 0 Å². The highest BCUT2D eigenvalue weighted by Gasteiger charge is 2.19. The molecule has 0 fully saturated rings. The lowest BCUT2D eigenvalue weighted by Crippen LogP contribution is -2.39. The van der Waals surface area contributed by atoms with E-state index in [0.717, 1.165) is 0 Å². The van der Waals surface area contributed by atoms with E-state index in [-0.39, 0.29) is 30.5 Å². The molecular formula is C14H22N4O6. The predicted octanol–water partition coefficient (Wildman–Crippen LogP) is 1.30. The van der Waals surface area contributed by atoms with E-state index in [9.17, 15) is 20.0 Å². The maximum absolute atomic E-state index is 11.5. The maximum Gasteiger partial charge on any atom is 0.407 e. The van der Waals surface area contributed by atoms with Crippen molar-refractivity contribution >= 4 is 17.6 Å². The summed E-state index contributed by atoms with van der Waals surface area (Å²) in [5.41, 5.74) is -0.888. The van der Waals surface area contributed by atoms with Gasteiger partial charge in [0.25, 0.3) is 0 Å². The highest BCUT2D eigenvalue weighted by atomic mass is 16.6. The average Bonchev–Trinajstić information content (AvgIpc) is 2.48. The molecule has 1 aromatic heterocycles. The summed E-state index contributed by atoms with van der Waals surface area (Å²) >= 11 is 0. The number of methoxy groups -OCH3 is 1. The van der Waals surface area contributed by atoms with Crippen molar-refractivity contribution in [2.45, 2.75) is 32.5 Å². The summed E-state index contributed by atoms with van der Waals surface area (Å²) in [6.45, 7) is 5.02. The van der Waals surface area contributed by atoms with Crippen molar-refractivity contribution in [2.24, 2.45) is 0 Å². The van der Waals surface area contributed by atoms with Gasteiger partial charge < -0.3 is 25.2 Å². The highest BCUT2D eigenvalue weighted by Crippen LogP contribution is 2.24. The van der Waals surface area contributed by atoms with Gasteiger partial charge >= 0.3 is 11.8 Å². The van der Waals surface area contributed by atoms with Crippen LogP contribution in [0.15, 0.2) is 12.1 Å². The molecule has 1 amide bonds. The van der Waals surface area contributed by atoms with Crippen LogP contribution in [-0.4, -0.2) is 53.0 Å². The number of hydrogen-bond donors (Lipinski definition) is 3. The number of aliphatic hydroxyl groups is 1. The Morgan fingerprint density at radius 3 is 2.62 bits per heavy atom. The largest absolute Gasteiger partial charge is 0.481 e. The van der Waals surface area contributed by atoms with Gasteiger partial charge in [0, 0.05) is 25.2 Å². The summed E-state index contributed by atoms with van der Waals surface area (Å²) in [5, 5.41) is 25.9. The smallest absolute Gasteiger partial charge is 0.407 e. The van der Waals surface area contributed by atoms with E-state index in [1.165, 1.54) is 19.2 Å². The molecule has 1 heterocycles. The van der Waals surface area contributed by atoms with Crippen molar-refractivity contribution in [3.63, 3.8) is 0 Å². The first-order chi connectivity index (χ1) is 11.1. The minimum Gasteiger partial charge on any atom is -0.481 e. The number of ether oxygens (including phenoxy) is 2. The molecule has 3 N–H and O–H groups in total. The lowest BCUT2D eigenvalue weighted by molar-refractivity contribution is -0.384. The second-order valence-corrected chi connectivity index (χ2v) is 5.90. The van der Waals surface area contributed by atoms with Crippen LogP contribution in [-0.2, 0) is 4.74 Å². The van der Waals surface area contributed by atoms with Crippen molar-refractivity contribution in [1.82, 2.24) is 10.3 Å². The van der Waals surface area contributed by atoms with Crippen LogP contribution in [0.25, 0.3) is 0 Å². The van der Waals surface area contributed by atoms with Crippen LogP contribution in [0, 0.1) is 10.1 Å². The average molecular weight is 342 g/mol. The van der Waals surface area contributed by atoms with Crippen molar-refractivity contribution in [2.75, 3.05) is 25.5 Å². The van der Waals surface area contributed by atoms with Gasteiger partial charge in [-0.1, -0.05) is 0 Å². The van der Waals surface area contributed by atoms with Gasteiger partial charge in [0.15, 0.2) is 0 Å². The Balaban J connectivity index is 2.56. The molecule has 0 aliphatic rings. The van der Waals surface area contributed by atoms with E-state index < -0.39 is 22.7 Å². The van der Waals surface area contributed by atoms with Gasteiger partial charge in [-0.05, 0) is 20.8 Å². The number of anilines is 1. The third kappa shape index (κ3) is 6.65. The zero-order chi connectivity index (χ0) is 18.3. The molecule has 134 valence electrons. The van der Waals surface area contributed by atoms with Gasteiger partial charge in [-0.25, -0.2) is 4.79 Å². The molecular weight excluding hydrogens is 320 g/mol. The topological polar surface area (TPSA) is 136 Å². The first-order valence-electron chi connectivity index (χ1n) is 7.20. The van der Waals surface area contributed by atoms with Crippen LogP contribution in [0.2, 0.25) is 0 Å². The fourth-order valence-electron chi connectivity index (χ4n) is 1.63. The number of nitrogens with zero attached hydrogens (tertiary/aromatic N) is 2. The summed E-state index contributed by atoms with van der Waals surface area (Å²) in [7, 11) is 1.39. The summed E-state index contributed by atoms with van der Waals surface area (Å²) in [6.07, 6.45) is -1.66. The summed E-state index contributed by atoms with van der Waals surface area (Å²) < 4.78 is 9.94. The van der Waals surface area contributed by atoms with Crippen molar-refractivity contribution in [3.8, 4) is 5.88 Å². The second-order valence-electron chi connectivity index (χ2n) is 5.90. The van der Waals surface area contributed by atoms with E-state index >= 15 is 0 Å². The van der Waals surface area contributed by atoms with Crippen LogP contribution >= 0.6 is 0 Å². The minimum absolute atomic E-state index is 0.0318. The van der Waals surface area contributed by atoms with Gasteiger partial charge in [0.2, 0.25) is 11.7 Å². The number of alkyl carbamates (subject to hydrolysis) is 1. The molecule has 0 aliphatic carbocycles. The zero-order valence-electron chi connectivity index (χ0n) is 14.0. The molecule has 1 atom stereocenters. The van der Waals surface area contributed by atoms with Gasteiger partial charge in [-0.15, -0.1) is 0 Å². The normalized spacial score (nSPS) is 12.2. The minimum atomic E-state index is -0.995. The van der Waals surface area contributed by atoms with Crippen molar-refractivity contribution < 1.29 is 24.3 Å². The second kappa shape index (κ2) is 8.29.